The molecule has 0 aliphatic rings. The summed E-state index contributed by atoms with van der Waals surface area (Å²) in [5.41, 5.74) is 0. The molecule has 0 aliphatic carbocycles. The third kappa shape index (κ3) is 46.0. The molecule has 1 amide bonds. The lowest BCUT2D eigenvalue weighted by Crippen LogP contribution is -2.45. The Morgan fingerprint density at radius 1 is 0.574 bits per heavy atom. The quantitative estimate of drug-likeness (QED) is 0.0273. The van der Waals surface area contributed by atoms with Crippen molar-refractivity contribution < 1.29 is 32.9 Å². The Morgan fingerprint density at radius 2 is 0.967 bits per heavy atom. The van der Waals surface area contributed by atoms with Crippen molar-refractivity contribution in [3.05, 3.63) is 60.8 Å². The second-order valence-corrected chi connectivity index (χ2v) is 19.6. The van der Waals surface area contributed by atoms with Gasteiger partial charge in [-0.2, -0.15) is 0 Å². The van der Waals surface area contributed by atoms with Crippen LogP contribution in [0.2, 0.25) is 0 Å². The van der Waals surface area contributed by atoms with Crippen LogP contribution < -0.4 is 10.2 Å². The van der Waals surface area contributed by atoms with Gasteiger partial charge >= 0.3 is 0 Å². The van der Waals surface area contributed by atoms with E-state index in [0.717, 1.165) is 64.2 Å². The molecular formula is C52H97N2O6P. The van der Waals surface area contributed by atoms with Gasteiger partial charge in [-0.25, -0.2) is 0 Å². The third-order valence-electron chi connectivity index (χ3n) is 10.9. The molecule has 0 bridgehead atoms. The minimum atomic E-state index is -4.61. The van der Waals surface area contributed by atoms with Crippen molar-refractivity contribution in [3.8, 4) is 0 Å². The van der Waals surface area contributed by atoms with Crippen molar-refractivity contribution >= 4 is 13.7 Å². The van der Waals surface area contributed by atoms with Crippen LogP contribution >= 0.6 is 7.82 Å². The highest BCUT2D eigenvalue weighted by Crippen LogP contribution is 2.38. The summed E-state index contributed by atoms with van der Waals surface area (Å²) >= 11 is 0. The van der Waals surface area contributed by atoms with Gasteiger partial charge in [0.25, 0.3) is 7.82 Å². The van der Waals surface area contributed by atoms with Crippen LogP contribution in [0, 0.1) is 0 Å². The van der Waals surface area contributed by atoms with E-state index < -0.39 is 26.6 Å². The average Bonchev–Trinajstić information content (AvgIpc) is 3.21. The van der Waals surface area contributed by atoms with E-state index in [2.05, 4.69) is 67.8 Å². The van der Waals surface area contributed by atoms with Gasteiger partial charge in [0, 0.05) is 6.42 Å². The van der Waals surface area contributed by atoms with Crippen LogP contribution in [0.1, 0.15) is 213 Å². The summed E-state index contributed by atoms with van der Waals surface area (Å²) in [7, 11) is 1.22. The smallest absolute Gasteiger partial charge is 0.268 e. The Bertz CT molecular complexity index is 1180. The van der Waals surface area contributed by atoms with Crippen molar-refractivity contribution in [2.24, 2.45) is 0 Å². The lowest BCUT2D eigenvalue weighted by Gasteiger charge is -2.29. The molecule has 61 heavy (non-hydrogen) atoms. The fourth-order valence-corrected chi connectivity index (χ4v) is 7.64. The summed E-state index contributed by atoms with van der Waals surface area (Å²) in [6, 6.07) is -0.916. The minimum absolute atomic E-state index is 0.0127. The summed E-state index contributed by atoms with van der Waals surface area (Å²) in [4.78, 5) is 25.4. The third-order valence-corrected chi connectivity index (χ3v) is 11.9. The first-order chi connectivity index (χ1) is 29.5. The van der Waals surface area contributed by atoms with Gasteiger partial charge in [-0.1, -0.05) is 190 Å². The zero-order valence-electron chi connectivity index (χ0n) is 40.4. The molecule has 0 rings (SSSR count). The Balaban J connectivity index is 4.44. The number of nitrogens with zero attached hydrogens (tertiary/aromatic N) is 1. The van der Waals surface area contributed by atoms with E-state index >= 15 is 0 Å². The van der Waals surface area contributed by atoms with Crippen molar-refractivity contribution in [1.82, 2.24) is 5.32 Å². The summed E-state index contributed by atoms with van der Waals surface area (Å²) in [6.07, 6.45) is 57.0. The second kappa shape index (κ2) is 43.5. The number of hydrogen-bond acceptors (Lipinski definition) is 6. The summed E-state index contributed by atoms with van der Waals surface area (Å²) in [5, 5.41) is 13.8. The maximum absolute atomic E-state index is 12.9. The Labute approximate surface area is 377 Å². The van der Waals surface area contributed by atoms with Crippen LogP contribution in [0.4, 0.5) is 0 Å². The van der Waals surface area contributed by atoms with Gasteiger partial charge in [-0.05, 0) is 77.0 Å². The number of aliphatic hydroxyl groups is 1. The van der Waals surface area contributed by atoms with Crippen LogP contribution in [-0.2, 0) is 18.4 Å². The van der Waals surface area contributed by atoms with Gasteiger partial charge in [0.1, 0.15) is 13.2 Å². The number of phosphoric ester groups is 1. The molecule has 0 radical (unpaired) electrons. The predicted molar refractivity (Wildman–Crippen MR) is 261 cm³/mol. The maximum atomic E-state index is 12.9. The number of hydrogen-bond donors (Lipinski definition) is 2. The minimum Gasteiger partial charge on any atom is -0.756 e. The lowest BCUT2D eigenvalue weighted by atomic mass is 10.1. The summed E-state index contributed by atoms with van der Waals surface area (Å²) in [6.45, 7) is 4.59. The predicted octanol–water partition coefficient (Wildman–Crippen LogP) is 14.0. The zero-order valence-corrected chi connectivity index (χ0v) is 41.2. The summed E-state index contributed by atoms with van der Waals surface area (Å²) < 4.78 is 23.2. The number of amides is 1. The van der Waals surface area contributed by atoms with Gasteiger partial charge in [0.15, 0.2) is 0 Å². The number of carbonyl (C=O) groups excluding carboxylic acids is 1. The zero-order chi connectivity index (χ0) is 45.0. The Hall–Kier alpha value is -1.80. The normalized spacial score (nSPS) is 14.7. The van der Waals surface area contributed by atoms with E-state index in [1.165, 1.54) is 128 Å². The standard InChI is InChI=1S/C52H97N2O6P/c1-6-8-10-12-14-16-18-20-22-24-26-27-28-29-31-33-35-37-39-41-43-45-51(55)50(49-60-61(57,58)59-48-47-54(3,4)5)53-52(56)46-44-42-40-38-36-34-32-30-25-23-21-19-17-15-13-11-9-7-2/h17,19,23,25,28-29,35,37,43,45,50-51,55H,6-16,18,20-22,24,26-27,30-34,36,38-42,44,46-49H2,1-5H3,(H-,53,56,57,58)/b19-17-,25-23-,29-28+,37-35+,45-43+. The van der Waals surface area contributed by atoms with Crippen LogP contribution in [0.25, 0.3) is 0 Å². The van der Waals surface area contributed by atoms with Gasteiger partial charge in [0.05, 0.1) is 39.9 Å². The van der Waals surface area contributed by atoms with Crippen molar-refractivity contribution in [3.63, 3.8) is 0 Å². The molecule has 0 aliphatic heterocycles. The maximum Gasteiger partial charge on any atom is 0.268 e. The highest BCUT2D eigenvalue weighted by atomic mass is 31.2. The number of likely N-dealkylation sites (N-methyl/N-ethyl adjacent to an activating group) is 1. The van der Waals surface area contributed by atoms with Crippen LogP contribution in [0.15, 0.2) is 60.8 Å². The molecule has 0 saturated heterocycles. The molecule has 0 heterocycles. The molecule has 0 fully saturated rings. The van der Waals surface area contributed by atoms with E-state index in [1.54, 1.807) is 6.08 Å². The molecule has 0 aromatic carbocycles. The number of allylic oxidation sites excluding steroid dienone is 9. The topological polar surface area (TPSA) is 108 Å². The first kappa shape index (κ1) is 59.2. The van der Waals surface area contributed by atoms with Gasteiger partial charge in [-0.3, -0.25) is 9.36 Å². The molecule has 8 nitrogen and oxygen atoms in total. The van der Waals surface area contributed by atoms with Gasteiger partial charge in [0.2, 0.25) is 5.91 Å². The molecule has 2 N–H and O–H groups in total. The van der Waals surface area contributed by atoms with E-state index in [9.17, 15) is 19.4 Å². The Morgan fingerprint density at radius 3 is 1.44 bits per heavy atom. The number of aliphatic hydroxyl groups excluding tert-OH is 1. The lowest BCUT2D eigenvalue weighted by molar-refractivity contribution is -0.870. The Kier molecular flexibility index (Phi) is 42.2. The molecule has 0 aromatic rings. The van der Waals surface area contributed by atoms with Gasteiger partial charge < -0.3 is 28.8 Å². The molecule has 9 heteroatoms. The van der Waals surface area contributed by atoms with E-state index in [4.69, 9.17) is 9.05 Å². The van der Waals surface area contributed by atoms with E-state index in [1.807, 2.05) is 27.2 Å². The highest BCUT2D eigenvalue weighted by Gasteiger charge is 2.23. The fourth-order valence-electron chi connectivity index (χ4n) is 6.92. The van der Waals surface area contributed by atoms with Crippen molar-refractivity contribution in [1.29, 1.82) is 0 Å². The number of rotatable bonds is 45. The first-order valence-corrected chi connectivity index (χ1v) is 26.6. The van der Waals surface area contributed by atoms with Crippen LogP contribution in [0.3, 0.4) is 0 Å². The molecule has 0 saturated carbocycles. The molecule has 3 unspecified atom stereocenters. The highest BCUT2D eigenvalue weighted by molar-refractivity contribution is 7.45. The second-order valence-electron chi connectivity index (χ2n) is 18.1. The monoisotopic (exact) mass is 877 g/mol. The number of unbranched alkanes of at least 4 members (excludes halogenated alkanes) is 24. The molecule has 0 aromatic heterocycles. The van der Waals surface area contributed by atoms with Crippen molar-refractivity contribution in [2.45, 2.75) is 225 Å². The number of quaternary nitrogens is 1. The number of phosphoric acid groups is 1. The molecule has 3 atom stereocenters. The van der Waals surface area contributed by atoms with Crippen molar-refractivity contribution in [2.75, 3.05) is 40.9 Å². The largest absolute Gasteiger partial charge is 0.756 e. The fraction of sp³-hybridized carbons (Fsp3) is 0.788. The average molecular weight is 877 g/mol. The molecular weight excluding hydrogens is 780 g/mol. The molecule has 356 valence electrons. The van der Waals surface area contributed by atoms with Gasteiger partial charge in [-0.15, -0.1) is 0 Å². The van der Waals surface area contributed by atoms with Crippen LogP contribution in [-0.4, -0.2) is 68.5 Å². The number of nitrogens with one attached hydrogen (secondary N) is 1. The molecule has 0 spiro atoms. The number of carbonyl (C=O) groups is 1. The van der Waals surface area contributed by atoms with E-state index in [0.29, 0.717) is 17.4 Å². The first-order valence-electron chi connectivity index (χ1n) is 25.2. The SMILES string of the molecule is CCCCCC/C=C\C/C=C\CCCCCCCCCC(=O)NC(COP(=O)([O-])OCC[N+](C)(C)C)C(O)/C=C/CC/C=C/CC/C=C/CCCCCCCCCCCCC. The summed E-state index contributed by atoms with van der Waals surface area (Å²) in [5.74, 6) is -0.221. The van der Waals surface area contributed by atoms with Crippen LogP contribution in [0.5, 0.6) is 0 Å². The van der Waals surface area contributed by atoms with E-state index in [-0.39, 0.29) is 12.5 Å².